The summed E-state index contributed by atoms with van der Waals surface area (Å²) in [5.74, 6) is 0.118. The van der Waals surface area contributed by atoms with Crippen molar-refractivity contribution in [2.45, 2.75) is 52.9 Å². The van der Waals surface area contributed by atoms with Gasteiger partial charge in [0.25, 0.3) is 0 Å². The second-order valence-corrected chi connectivity index (χ2v) is 9.97. The van der Waals surface area contributed by atoms with Gasteiger partial charge in [0.05, 0.1) is 5.69 Å². The summed E-state index contributed by atoms with van der Waals surface area (Å²) in [7, 11) is 0. The van der Waals surface area contributed by atoms with Crippen LogP contribution in [-0.4, -0.2) is 34.8 Å². The van der Waals surface area contributed by atoms with E-state index in [0.717, 1.165) is 11.3 Å². The minimum Gasteiger partial charge on any atom is -0.342 e. The Bertz CT molecular complexity index is 857. The van der Waals surface area contributed by atoms with Gasteiger partial charge in [-0.25, -0.2) is 4.98 Å². The number of likely N-dealkylation sites (tertiary alicyclic amines) is 1. The highest BCUT2D eigenvalue weighted by molar-refractivity contribution is 7.14. The lowest BCUT2D eigenvalue weighted by Gasteiger charge is -2.32. The number of amides is 2. The van der Waals surface area contributed by atoms with E-state index in [2.05, 4.69) is 55.3 Å². The highest BCUT2D eigenvalue weighted by atomic mass is 32.1. The molecule has 6 heteroatoms. The molecule has 1 aliphatic rings. The molecule has 156 valence electrons. The van der Waals surface area contributed by atoms with Crippen LogP contribution in [0.2, 0.25) is 0 Å². The lowest BCUT2D eigenvalue weighted by Crippen LogP contribution is -2.43. The third kappa shape index (κ3) is 5.24. The molecule has 0 aliphatic carbocycles. The number of piperidine rings is 1. The number of rotatable bonds is 4. The number of nitrogens with one attached hydrogen (secondary N) is 1. The number of hydrogen-bond acceptors (Lipinski definition) is 4. The number of aromatic nitrogens is 1. The van der Waals surface area contributed by atoms with Crippen LogP contribution < -0.4 is 5.32 Å². The van der Waals surface area contributed by atoms with Crippen molar-refractivity contribution in [2.24, 2.45) is 11.8 Å². The van der Waals surface area contributed by atoms with Gasteiger partial charge in [-0.1, -0.05) is 58.9 Å². The van der Waals surface area contributed by atoms with E-state index in [1.165, 1.54) is 16.9 Å². The monoisotopic (exact) mass is 413 g/mol. The van der Waals surface area contributed by atoms with E-state index in [0.29, 0.717) is 31.1 Å². The lowest BCUT2D eigenvalue weighted by molar-refractivity contribution is -0.137. The molecule has 1 fully saturated rings. The first kappa shape index (κ1) is 21.5. The lowest BCUT2D eigenvalue weighted by atomic mass is 9.86. The van der Waals surface area contributed by atoms with Crippen LogP contribution >= 0.6 is 11.3 Å². The molecule has 1 N–H and O–H groups in total. The molecule has 3 rings (SSSR count). The Morgan fingerprint density at radius 2 is 1.76 bits per heavy atom. The molecule has 2 amide bonds. The molecule has 29 heavy (non-hydrogen) atoms. The Morgan fingerprint density at radius 1 is 1.14 bits per heavy atom. The summed E-state index contributed by atoms with van der Waals surface area (Å²) < 4.78 is 0. The molecule has 1 aromatic heterocycles. The molecule has 1 aliphatic heterocycles. The summed E-state index contributed by atoms with van der Waals surface area (Å²) in [6.45, 7) is 11.7. The van der Waals surface area contributed by atoms with Gasteiger partial charge in [0.2, 0.25) is 11.8 Å². The molecule has 0 radical (unpaired) electrons. The summed E-state index contributed by atoms with van der Waals surface area (Å²) >= 11 is 1.45. The van der Waals surface area contributed by atoms with Gasteiger partial charge < -0.3 is 10.2 Å². The molecule has 2 heterocycles. The molecular weight excluding hydrogens is 382 g/mol. The first-order valence-electron chi connectivity index (χ1n) is 10.3. The highest BCUT2D eigenvalue weighted by Gasteiger charge is 2.28. The number of nitrogens with zero attached hydrogens (tertiary/aromatic N) is 2. The molecule has 0 atom stereocenters. The van der Waals surface area contributed by atoms with Crippen LogP contribution in [0.1, 0.15) is 53.0 Å². The highest BCUT2D eigenvalue weighted by Crippen LogP contribution is 2.29. The second-order valence-electron chi connectivity index (χ2n) is 9.11. The van der Waals surface area contributed by atoms with E-state index < -0.39 is 0 Å². The summed E-state index contributed by atoms with van der Waals surface area (Å²) in [5.41, 5.74) is 3.33. The quantitative estimate of drug-likeness (QED) is 0.772. The molecule has 5 nitrogen and oxygen atoms in total. The van der Waals surface area contributed by atoms with Crippen LogP contribution in [0.5, 0.6) is 0 Å². The van der Waals surface area contributed by atoms with E-state index in [9.17, 15) is 9.59 Å². The fourth-order valence-electron chi connectivity index (χ4n) is 3.54. The maximum absolute atomic E-state index is 12.6. The van der Waals surface area contributed by atoms with Crippen LogP contribution in [0.25, 0.3) is 11.3 Å². The fourth-order valence-corrected chi connectivity index (χ4v) is 4.26. The minimum absolute atomic E-state index is 0.00521. The Morgan fingerprint density at radius 3 is 2.31 bits per heavy atom. The summed E-state index contributed by atoms with van der Waals surface area (Å²) in [6, 6.07) is 8.45. The summed E-state index contributed by atoms with van der Waals surface area (Å²) in [4.78, 5) is 31.2. The third-order valence-electron chi connectivity index (χ3n) is 5.45. The zero-order chi connectivity index (χ0) is 21.2. The van der Waals surface area contributed by atoms with Gasteiger partial charge in [-0.05, 0) is 23.8 Å². The van der Waals surface area contributed by atoms with Crippen LogP contribution in [0, 0.1) is 11.8 Å². The molecule has 2 aromatic rings. The average molecular weight is 414 g/mol. The van der Waals surface area contributed by atoms with Crippen molar-refractivity contribution in [3.8, 4) is 11.3 Å². The number of carbonyl (C=O) groups is 2. The van der Waals surface area contributed by atoms with Gasteiger partial charge in [-0.2, -0.15) is 0 Å². The molecule has 0 spiro atoms. The predicted molar refractivity (Wildman–Crippen MR) is 119 cm³/mol. The topological polar surface area (TPSA) is 62.3 Å². The average Bonchev–Trinajstić information content (AvgIpc) is 3.15. The Labute approximate surface area is 177 Å². The van der Waals surface area contributed by atoms with Gasteiger partial charge in [-0.15, -0.1) is 11.3 Å². The minimum atomic E-state index is -0.0652. The van der Waals surface area contributed by atoms with Crippen LogP contribution in [-0.2, 0) is 15.0 Å². The second kappa shape index (κ2) is 8.66. The summed E-state index contributed by atoms with van der Waals surface area (Å²) in [5, 5.41) is 5.58. The number of hydrogen-bond donors (Lipinski definition) is 1. The van der Waals surface area contributed by atoms with Gasteiger partial charge in [0, 0.05) is 35.9 Å². The van der Waals surface area contributed by atoms with E-state index in [-0.39, 0.29) is 29.1 Å². The zero-order valence-electron chi connectivity index (χ0n) is 18.0. The number of carbonyl (C=O) groups excluding carboxylic acids is 2. The SMILES string of the molecule is CC(C)C(=O)N1CCC(C(=O)Nc2nc(-c3ccc(C(C)(C)C)cc3)cs2)CC1. The van der Waals surface area contributed by atoms with Gasteiger partial charge in [0.1, 0.15) is 0 Å². The van der Waals surface area contributed by atoms with Crippen molar-refractivity contribution in [1.82, 2.24) is 9.88 Å². The maximum atomic E-state index is 12.6. The van der Waals surface area contributed by atoms with Crippen molar-refractivity contribution in [2.75, 3.05) is 18.4 Å². The van der Waals surface area contributed by atoms with E-state index in [1.807, 2.05) is 24.1 Å². The first-order valence-corrected chi connectivity index (χ1v) is 11.2. The third-order valence-corrected chi connectivity index (χ3v) is 6.21. The smallest absolute Gasteiger partial charge is 0.229 e. The Hall–Kier alpha value is -2.21. The van der Waals surface area contributed by atoms with E-state index in [1.54, 1.807) is 0 Å². The van der Waals surface area contributed by atoms with E-state index >= 15 is 0 Å². The fraction of sp³-hybridized carbons (Fsp3) is 0.522. The van der Waals surface area contributed by atoms with Gasteiger partial charge in [-0.3, -0.25) is 9.59 Å². The largest absolute Gasteiger partial charge is 0.342 e. The van der Waals surface area contributed by atoms with Crippen LogP contribution in [0.3, 0.4) is 0 Å². The zero-order valence-corrected chi connectivity index (χ0v) is 18.8. The van der Waals surface area contributed by atoms with Crippen molar-refractivity contribution in [3.63, 3.8) is 0 Å². The van der Waals surface area contributed by atoms with Crippen LogP contribution in [0.4, 0.5) is 5.13 Å². The first-order chi connectivity index (χ1) is 13.6. The van der Waals surface area contributed by atoms with E-state index in [4.69, 9.17) is 0 Å². The summed E-state index contributed by atoms with van der Waals surface area (Å²) in [6.07, 6.45) is 1.41. The predicted octanol–water partition coefficient (Wildman–Crippen LogP) is 4.94. The number of benzene rings is 1. The van der Waals surface area contributed by atoms with Gasteiger partial charge in [0.15, 0.2) is 5.13 Å². The number of thiazole rings is 1. The van der Waals surface area contributed by atoms with Crippen LogP contribution in [0.15, 0.2) is 29.6 Å². The van der Waals surface area contributed by atoms with Crippen molar-refractivity contribution in [3.05, 3.63) is 35.2 Å². The Kier molecular flexibility index (Phi) is 6.42. The van der Waals surface area contributed by atoms with Crippen molar-refractivity contribution in [1.29, 1.82) is 0 Å². The maximum Gasteiger partial charge on any atom is 0.229 e. The normalized spacial score (nSPS) is 15.6. The molecule has 0 saturated carbocycles. The molecule has 1 aromatic carbocycles. The standard InChI is InChI=1S/C23H31N3O2S/c1-15(2)21(28)26-12-10-17(11-13-26)20(27)25-22-24-19(14-29-22)16-6-8-18(9-7-16)23(3,4)5/h6-9,14-15,17H,10-13H2,1-5H3,(H,24,25,27). The number of anilines is 1. The molecular formula is C23H31N3O2S. The van der Waals surface area contributed by atoms with Gasteiger partial charge >= 0.3 is 0 Å². The Balaban J connectivity index is 1.58. The van der Waals surface area contributed by atoms with Crippen molar-refractivity contribution < 1.29 is 9.59 Å². The van der Waals surface area contributed by atoms with Crippen molar-refractivity contribution >= 4 is 28.3 Å². The molecule has 0 bridgehead atoms. The molecule has 0 unspecified atom stereocenters. The molecule has 1 saturated heterocycles.